The highest BCUT2D eigenvalue weighted by Crippen LogP contribution is 2.01. The number of nitrogens with zero attached hydrogens (tertiary/aromatic N) is 1. The second-order valence-electron chi connectivity index (χ2n) is 2.13. The number of hydrogen-bond donors (Lipinski definition) is 3. The number of hydrogen-bond acceptors (Lipinski definition) is 5. The van der Waals surface area contributed by atoms with E-state index in [9.17, 15) is 4.91 Å². The van der Waals surface area contributed by atoms with E-state index in [2.05, 4.69) is 10.5 Å². The summed E-state index contributed by atoms with van der Waals surface area (Å²) >= 11 is 0. The fraction of sp³-hybridized carbons (Fsp3) is 1.00. The molecule has 0 aromatic rings. The van der Waals surface area contributed by atoms with Crippen LogP contribution in [0.25, 0.3) is 0 Å². The van der Waals surface area contributed by atoms with Gasteiger partial charge in [-0.1, -0.05) is 5.18 Å². The van der Waals surface area contributed by atoms with Crippen molar-refractivity contribution >= 4 is 0 Å². The Kier molecular flexibility index (Phi) is 4.10. The summed E-state index contributed by atoms with van der Waals surface area (Å²) in [4.78, 5) is 9.78. The molecule has 0 aromatic heterocycles. The first-order chi connectivity index (χ1) is 4.74. The highest BCUT2D eigenvalue weighted by Gasteiger charge is 2.26. The molecule has 0 aliphatic heterocycles. The molecule has 0 unspecified atom stereocenters. The molecule has 0 saturated carbocycles. The van der Waals surface area contributed by atoms with E-state index in [0.29, 0.717) is 0 Å². The van der Waals surface area contributed by atoms with Gasteiger partial charge >= 0.3 is 0 Å². The van der Waals surface area contributed by atoms with Crippen LogP contribution < -0.4 is 5.32 Å². The quantitative estimate of drug-likeness (QED) is 0.423. The Morgan fingerprint density at radius 3 is 2.10 bits per heavy atom. The molecular formula is C5H12N2O3. The number of rotatable bonds is 5. The lowest BCUT2D eigenvalue weighted by molar-refractivity contribution is 0.103. The molecule has 5 nitrogen and oxygen atoms in total. The van der Waals surface area contributed by atoms with Crippen molar-refractivity contribution in [1.29, 1.82) is 0 Å². The van der Waals surface area contributed by atoms with Crippen molar-refractivity contribution in [1.82, 2.24) is 5.32 Å². The Balaban J connectivity index is 4.00. The van der Waals surface area contributed by atoms with E-state index < -0.39 is 5.54 Å². The van der Waals surface area contributed by atoms with Crippen LogP contribution in [0.15, 0.2) is 5.18 Å². The van der Waals surface area contributed by atoms with Gasteiger partial charge in [-0.3, -0.25) is 0 Å². The van der Waals surface area contributed by atoms with Gasteiger partial charge in [-0.2, -0.15) is 4.91 Å². The van der Waals surface area contributed by atoms with Crippen LogP contribution in [0.5, 0.6) is 0 Å². The van der Waals surface area contributed by atoms with Crippen LogP contribution in [-0.2, 0) is 0 Å². The molecule has 0 bridgehead atoms. The Morgan fingerprint density at radius 2 is 2.00 bits per heavy atom. The number of aliphatic hydroxyl groups excluding tert-OH is 2. The highest BCUT2D eigenvalue weighted by atomic mass is 16.3. The van der Waals surface area contributed by atoms with Gasteiger partial charge in [0.2, 0.25) is 0 Å². The number of nitroso groups, excluding NO2 is 1. The van der Waals surface area contributed by atoms with Crippen LogP contribution in [0.3, 0.4) is 0 Å². The zero-order valence-corrected chi connectivity index (χ0v) is 5.87. The lowest BCUT2D eigenvalue weighted by Crippen LogP contribution is -2.52. The molecule has 0 aliphatic carbocycles. The van der Waals surface area contributed by atoms with Crippen molar-refractivity contribution in [2.24, 2.45) is 5.18 Å². The fourth-order valence-corrected chi connectivity index (χ4v) is 0.511. The molecule has 3 N–H and O–H groups in total. The Bertz CT molecular complexity index is 94.8. The molecule has 0 fully saturated rings. The first-order valence-corrected chi connectivity index (χ1v) is 2.94. The largest absolute Gasteiger partial charge is 0.394 e. The first-order valence-electron chi connectivity index (χ1n) is 2.94. The maximum Gasteiger partial charge on any atom is 0.104 e. The molecule has 0 amide bonds. The summed E-state index contributed by atoms with van der Waals surface area (Å²) in [6.45, 7) is -0.728. The third-order valence-electron chi connectivity index (χ3n) is 1.50. The van der Waals surface area contributed by atoms with Crippen LogP contribution in [0.4, 0.5) is 0 Å². The maximum absolute atomic E-state index is 9.78. The predicted octanol–water partition coefficient (Wildman–Crippen LogP) is -1.30. The van der Waals surface area contributed by atoms with E-state index in [1.54, 1.807) is 7.05 Å². The summed E-state index contributed by atoms with van der Waals surface area (Å²) in [6, 6.07) is 0. The minimum Gasteiger partial charge on any atom is -0.394 e. The van der Waals surface area contributed by atoms with Gasteiger partial charge in [0.1, 0.15) is 6.54 Å². The molecule has 10 heavy (non-hydrogen) atoms. The third-order valence-corrected chi connectivity index (χ3v) is 1.50. The number of likely N-dealkylation sites (N-methyl/N-ethyl adjacent to an activating group) is 1. The average molecular weight is 148 g/mol. The topological polar surface area (TPSA) is 81.9 Å². The van der Waals surface area contributed by atoms with Crippen LogP contribution in [0.2, 0.25) is 0 Å². The SMILES string of the molecule is CNC(CO)(CO)CN=O. The van der Waals surface area contributed by atoms with E-state index in [-0.39, 0.29) is 19.8 Å². The highest BCUT2D eigenvalue weighted by molar-refractivity contribution is 4.87. The van der Waals surface area contributed by atoms with Crippen molar-refractivity contribution in [3.05, 3.63) is 4.91 Å². The molecule has 0 atom stereocenters. The van der Waals surface area contributed by atoms with Gasteiger partial charge in [0.15, 0.2) is 0 Å². The monoisotopic (exact) mass is 148 g/mol. The Morgan fingerprint density at radius 1 is 1.50 bits per heavy atom. The summed E-state index contributed by atoms with van der Waals surface area (Å²) < 4.78 is 0. The van der Waals surface area contributed by atoms with Crippen LogP contribution in [0.1, 0.15) is 0 Å². The molecule has 0 saturated heterocycles. The molecule has 0 rings (SSSR count). The van der Waals surface area contributed by atoms with Gasteiger partial charge in [0.25, 0.3) is 0 Å². The second-order valence-corrected chi connectivity index (χ2v) is 2.13. The van der Waals surface area contributed by atoms with Gasteiger partial charge in [0.05, 0.1) is 18.8 Å². The van der Waals surface area contributed by atoms with Crippen molar-refractivity contribution in [2.45, 2.75) is 5.54 Å². The Hall–Kier alpha value is -0.520. The van der Waals surface area contributed by atoms with Crippen LogP contribution >= 0.6 is 0 Å². The average Bonchev–Trinajstić information content (AvgIpc) is 2.01. The summed E-state index contributed by atoms with van der Waals surface area (Å²) in [5.74, 6) is 0. The lowest BCUT2D eigenvalue weighted by Gasteiger charge is -2.25. The van der Waals surface area contributed by atoms with E-state index in [0.717, 1.165) is 0 Å². The van der Waals surface area contributed by atoms with Gasteiger partial charge in [-0.15, -0.1) is 0 Å². The van der Waals surface area contributed by atoms with Crippen LogP contribution in [-0.4, -0.2) is 42.6 Å². The van der Waals surface area contributed by atoms with Gasteiger partial charge in [-0.05, 0) is 7.05 Å². The predicted molar refractivity (Wildman–Crippen MR) is 36.6 cm³/mol. The normalized spacial score (nSPS) is 11.5. The fourth-order valence-electron chi connectivity index (χ4n) is 0.511. The smallest absolute Gasteiger partial charge is 0.104 e. The molecule has 0 aromatic carbocycles. The summed E-state index contributed by atoms with van der Waals surface area (Å²) in [5, 5.41) is 22.6. The molecule has 0 aliphatic rings. The minimum absolute atomic E-state index is 0.128. The maximum atomic E-state index is 9.78. The third kappa shape index (κ3) is 2.02. The zero-order chi connectivity index (χ0) is 8.04. The summed E-state index contributed by atoms with van der Waals surface area (Å²) in [7, 11) is 1.55. The van der Waals surface area contributed by atoms with Gasteiger partial charge in [-0.25, -0.2) is 0 Å². The number of nitrogens with one attached hydrogen (secondary N) is 1. The van der Waals surface area contributed by atoms with Crippen molar-refractivity contribution in [3.8, 4) is 0 Å². The van der Waals surface area contributed by atoms with Crippen molar-refractivity contribution in [2.75, 3.05) is 26.8 Å². The molecule has 0 heterocycles. The molecule has 5 heteroatoms. The van der Waals surface area contributed by atoms with E-state index >= 15 is 0 Å². The molecular weight excluding hydrogens is 136 g/mol. The van der Waals surface area contributed by atoms with Gasteiger partial charge in [0, 0.05) is 0 Å². The lowest BCUT2D eigenvalue weighted by atomic mass is 10.0. The van der Waals surface area contributed by atoms with Crippen LogP contribution in [0, 0.1) is 4.91 Å². The molecule has 60 valence electrons. The van der Waals surface area contributed by atoms with Crippen molar-refractivity contribution < 1.29 is 10.2 Å². The number of aliphatic hydroxyl groups is 2. The second kappa shape index (κ2) is 4.32. The first kappa shape index (κ1) is 9.48. The van der Waals surface area contributed by atoms with Crippen molar-refractivity contribution in [3.63, 3.8) is 0 Å². The standard InChI is InChI=1S/C5H12N2O3/c1-6-5(3-8,4-9)2-7-10/h6,8-9H,2-4H2,1H3. The Labute approximate surface area is 59.0 Å². The van der Waals surface area contributed by atoms with E-state index in [1.165, 1.54) is 0 Å². The molecule has 0 spiro atoms. The summed E-state index contributed by atoms with van der Waals surface area (Å²) in [6.07, 6.45) is 0. The van der Waals surface area contributed by atoms with E-state index in [4.69, 9.17) is 10.2 Å². The molecule has 0 radical (unpaired) electrons. The van der Waals surface area contributed by atoms with E-state index in [1.807, 2.05) is 0 Å². The van der Waals surface area contributed by atoms with Gasteiger partial charge < -0.3 is 15.5 Å². The minimum atomic E-state index is -0.943. The summed E-state index contributed by atoms with van der Waals surface area (Å²) in [5.41, 5.74) is -0.943. The zero-order valence-electron chi connectivity index (χ0n) is 5.87.